The van der Waals surface area contributed by atoms with Crippen molar-refractivity contribution >= 4 is 0 Å². The maximum absolute atomic E-state index is 4.64. The molecule has 1 fully saturated rings. The predicted molar refractivity (Wildman–Crippen MR) is 71.3 cm³/mol. The lowest BCUT2D eigenvalue weighted by Crippen LogP contribution is -2.29. The summed E-state index contributed by atoms with van der Waals surface area (Å²) in [5.74, 6) is 2.39. The van der Waals surface area contributed by atoms with Crippen LogP contribution in [0.2, 0.25) is 0 Å². The quantitative estimate of drug-likeness (QED) is 0.878. The molecule has 0 aliphatic carbocycles. The summed E-state index contributed by atoms with van der Waals surface area (Å²) in [5.41, 5.74) is 1.08. The number of nitrogens with one attached hydrogen (secondary N) is 1. The van der Waals surface area contributed by atoms with Gasteiger partial charge in [-0.2, -0.15) is 5.10 Å². The van der Waals surface area contributed by atoms with Crippen LogP contribution in [0.15, 0.2) is 30.3 Å². The first-order valence-electron chi connectivity index (χ1n) is 6.49. The second kappa shape index (κ2) is 4.90. The molecule has 18 heavy (non-hydrogen) atoms. The van der Waals surface area contributed by atoms with Gasteiger partial charge in [-0.25, -0.2) is 4.98 Å². The molecular formula is C14H18N4. The molecule has 1 aromatic heterocycles. The fourth-order valence-corrected chi connectivity index (χ4v) is 2.46. The topological polar surface area (TPSA) is 44.8 Å². The minimum absolute atomic E-state index is 0.533. The molecule has 1 aliphatic rings. The van der Waals surface area contributed by atoms with Crippen molar-refractivity contribution in [1.29, 1.82) is 0 Å². The molecule has 1 aliphatic heterocycles. The van der Waals surface area contributed by atoms with Crippen molar-refractivity contribution in [2.45, 2.75) is 18.8 Å². The molecule has 2 aromatic rings. The lowest BCUT2D eigenvalue weighted by atomic mass is 9.96. The third kappa shape index (κ3) is 2.29. The van der Waals surface area contributed by atoms with Gasteiger partial charge in [-0.05, 0) is 33.0 Å². The predicted octanol–water partition coefficient (Wildman–Crippen LogP) is 2.28. The van der Waals surface area contributed by atoms with E-state index in [1.165, 1.54) is 12.8 Å². The van der Waals surface area contributed by atoms with E-state index in [1.807, 2.05) is 30.3 Å². The smallest absolute Gasteiger partial charge is 0.181 e. The van der Waals surface area contributed by atoms with E-state index in [1.54, 1.807) is 0 Å². The summed E-state index contributed by atoms with van der Waals surface area (Å²) < 4.78 is 0. The Bertz CT molecular complexity index is 498. The number of benzene rings is 1. The molecule has 1 N–H and O–H groups in total. The van der Waals surface area contributed by atoms with Crippen molar-refractivity contribution in [3.63, 3.8) is 0 Å². The first-order valence-corrected chi connectivity index (χ1v) is 6.49. The average Bonchev–Trinajstić information content (AvgIpc) is 2.90. The summed E-state index contributed by atoms with van der Waals surface area (Å²) in [5, 5.41) is 7.44. The molecular weight excluding hydrogens is 224 g/mol. The molecule has 94 valence electrons. The zero-order valence-corrected chi connectivity index (χ0v) is 10.6. The maximum atomic E-state index is 4.64. The summed E-state index contributed by atoms with van der Waals surface area (Å²) in [6, 6.07) is 10.1. The van der Waals surface area contributed by atoms with Crippen LogP contribution in [-0.2, 0) is 0 Å². The number of aromatic amines is 1. The lowest BCUT2D eigenvalue weighted by molar-refractivity contribution is 0.251. The zero-order chi connectivity index (χ0) is 12.4. The maximum Gasteiger partial charge on any atom is 0.181 e. The van der Waals surface area contributed by atoms with E-state index in [4.69, 9.17) is 0 Å². The Kier molecular flexibility index (Phi) is 3.11. The second-order valence-electron chi connectivity index (χ2n) is 4.99. The molecule has 0 saturated carbocycles. The van der Waals surface area contributed by atoms with Crippen LogP contribution in [0.25, 0.3) is 11.4 Å². The van der Waals surface area contributed by atoms with Gasteiger partial charge in [0.2, 0.25) is 0 Å². The van der Waals surface area contributed by atoms with E-state index in [0.29, 0.717) is 5.92 Å². The molecule has 1 aromatic carbocycles. The largest absolute Gasteiger partial charge is 0.306 e. The highest BCUT2D eigenvalue weighted by Crippen LogP contribution is 2.26. The zero-order valence-electron chi connectivity index (χ0n) is 10.6. The molecule has 0 spiro atoms. The summed E-state index contributed by atoms with van der Waals surface area (Å²) in [6.45, 7) is 2.29. The number of aromatic nitrogens is 3. The fourth-order valence-electron chi connectivity index (χ4n) is 2.46. The van der Waals surface area contributed by atoms with Crippen LogP contribution in [0.5, 0.6) is 0 Å². The Morgan fingerprint density at radius 2 is 1.89 bits per heavy atom. The Labute approximate surface area is 107 Å². The van der Waals surface area contributed by atoms with Crippen LogP contribution in [0, 0.1) is 0 Å². The number of H-pyrrole nitrogens is 1. The molecule has 2 heterocycles. The SMILES string of the molecule is CN1CCC(c2nc(-c3ccccc3)n[nH]2)CC1. The minimum Gasteiger partial charge on any atom is -0.306 e. The Morgan fingerprint density at radius 3 is 2.61 bits per heavy atom. The fraction of sp³-hybridized carbons (Fsp3) is 0.429. The minimum atomic E-state index is 0.533. The lowest BCUT2D eigenvalue weighted by Gasteiger charge is -2.27. The number of hydrogen-bond acceptors (Lipinski definition) is 3. The first kappa shape index (κ1) is 11.4. The molecule has 0 bridgehead atoms. The summed E-state index contributed by atoms with van der Waals surface area (Å²) >= 11 is 0. The van der Waals surface area contributed by atoms with Crippen LogP contribution in [0.4, 0.5) is 0 Å². The molecule has 0 amide bonds. The van der Waals surface area contributed by atoms with Crippen molar-refractivity contribution in [3.05, 3.63) is 36.2 Å². The first-order chi connectivity index (χ1) is 8.83. The molecule has 0 unspecified atom stereocenters. The average molecular weight is 242 g/mol. The summed E-state index contributed by atoms with van der Waals surface area (Å²) in [7, 11) is 2.17. The van der Waals surface area contributed by atoms with Gasteiger partial charge in [0.05, 0.1) is 0 Å². The van der Waals surface area contributed by atoms with E-state index in [-0.39, 0.29) is 0 Å². The van der Waals surface area contributed by atoms with Crippen LogP contribution in [0.1, 0.15) is 24.6 Å². The van der Waals surface area contributed by atoms with Gasteiger partial charge in [0, 0.05) is 11.5 Å². The molecule has 4 nitrogen and oxygen atoms in total. The van der Waals surface area contributed by atoms with Gasteiger partial charge in [-0.3, -0.25) is 5.10 Å². The van der Waals surface area contributed by atoms with Crippen molar-refractivity contribution in [2.24, 2.45) is 0 Å². The highest BCUT2D eigenvalue weighted by Gasteiger charge is 2.21. The van der Waals surface area contributed by atoms with E-state index >= 15 is 0 Å². The van der Waals surface area contributed by atoms with Gasteiger partial charge >= 0.3 is 0 Å². The van der Waals surface area contributed by atoms with Gasteiger partial charge in [0.1, 0.15) is 5.82 Å². The van der Waals surface area contributed by atoms with E-state index in [0.717, 1.165) is 30.3 Å². The molecule has 3 rings (SSSR count). The van der Waals surface area contributed by atoms with E-state index < -0.39 is 0 Å². The summed E-state index contributed by atoms with van der Waals surface area (Å²) in [4.78, 5) is 7.01. The van der Waals surface area contributed by atoms with Crippen LogP contribution in [0.3, 0.4) is 0 Å². The van der Waals surface area contributed by atoms with E-state index in [9.17, 15) is 0 Å². The van der Waals surface area contributed by atoms with Gasteiger partial charge in [0.25, 0.3) is 0 Å². The number of hydrogen-bond donors (Lipinski definition) is 1. The van der Waals surface area contributed by atoms with Crippen LogP contribution in [-0.4, -0.2) is 40.2 Å². The third-order valence-electron chi connectivity index (χ3n) is 3.64. The van der Waals surface area contributed by atoms with Gasteiger partial charge in [-0.1, -0.05) is 30.3 Å². The Hall–Kier alpha value is -1.68. The van der Waals surface area contributed by atoms with Gasteiger partial charge < -0.3 is 4.90 Å². The molecule has 1 saturated heterocycles. The molecule has 4 heteroatoms. The number of piperidine rings is 1. The molecule has 0 radical (unpaired) electrons. The van der Waals surface area contributed by atoms with Crippen molar-refractivity contribution in [2.75, 3.05) is 20.1 Å². The number of nitrogens with zero attached hydrogens (tertiary/aromatic N) is 3. The van der Waals surface area contributed by atoms with Crippen molar-refractivity contribution < 1.29 is 0 Å². The normalized spacial score (nSPS) is 18.1. The van der Waals surface area contributed by atoms with Crippen LogP contribution >= 0.6 is 0 Å². The highest BCUT2D eigenvalue weighted by molar-refractivity contribution is 5.53. The standard InChI is InChI=1S/C14H18N4/c1-18-9-7-12(8-10-18)14-15-13(16-17-14)11-5-3-2-4-6-11/h2-6,12H,7-10H2,1H3,(H,15,16,17). The molecule has 0 atom stereocenters. The highest BCUT2D eigenvalue weighted by atomic mass is 15.2. The van der Waals surface area contributed by atoms with E-state index in [2.05, 4.69) is 27.1 Å². The van der Waals surface area contributed by atoms with Gasteiger partial charge in [-0.15, -0.1) is 0 Å². The second-order valence-corrected chi connectivity index (χ2v) is 4.99. The van der Waals surface area contributed by atoms with Gasteiger partial charge in [0.15, 0.2) is 5.82 Å². The van der Waals surface area contributed by atoms with Crippen LogP contribution < -0.4 is 0 Å². The monoisotopic (exact) mass is 242 g/mol. The number of rotatable bonds is 2. The number of likely N-dealkylation sites (tertiary alicyclic amines) is 1. The third-order valence-corrected chi connectivity index (χ3v) is 3.64. The summed E-state index contributed by atoms with van der Waals surface area (Å²) in [6.07, 6.45) is 2.33. The Balaban J connectivity index is 1.78. The van der Waals surface area contributed by atoms with Crippen molar-refractivity contribution in [3.8, 4) is 11.4 Å². The Morgan fingerprint density at radius 1 is 1.17 bits per heavy atom. The van der Waals surface area contributed by atoms with Crippen molar-refractivity contribution in [1.82, 2.24) is 20.1 Å².